The molecule has 6 heteroatoms. The molecule has 0 unspecified atom stereocenters. The minimum Gasteiger partial charge on any atom is -0.497 e. The molecule has 0 saturated carbocycles. The van der Waals surface area contributed by atoms with E-state index in [1.54, 1.807) is 64.7 Å². The summed E-state index contributed by atoms with van der Waals surface area (Å²) in [5.41, 5.74) is 3.22. The van der Waals surface area contributed by atoms with E-state index < -0.39 is 0 Å². The zero-order chi connectivity index (χ0) is 23.1. The maximum absolute atomic E-state index is 12.9. The lowest BCUT2D eigenvalue weighted by molar-refractivity contribution is -0.122. The molecule has 0 aromatic heterocycles. The third-order valence-corrected chi connectivity index (χ3v) is 4.81. The number of methoxy groups -OCH3 is 2. The van der Waals surface area contributed by atoms with Crippen molar-refractivity contribution in [1.29, 1.82) is 0 Å². The number of anilines is 1. The van der Waals surface area contributed by atoms with Gasteiger partial charge in [0.2, 0.25) is 0 Å². The van der Waals surface area contributed by atoms with Gasteiger partial charge in [0.05, 0.1) is 14.2 Å². The van der Waals surface area contributed by atoms with Gasteiger partial charge in [-0.25, -0.2) is 0 Å². The van der Waals surface area contributed by atoms with E-state index in [0.29, 0.717) is 28.3 Å². The molecule has 0 heterocycles. The van der Waals surface area contributed by atoms with Crippen LogP contribution in [0.2, 0.25) is 0 Å². The molecule has 0 spiro atoms. The lowest BCUT2D eigenvalue weighted by atomic mass is 10.0. The number of hydrogen-bond acceptors (Lipinski definition) is 4. The lowest BCUT2D eigenvalue weighted by Gasteiger charge is -2.15. The summed E-state index contributed by atoms with van der Waals surface area (Å²) in [4.78, 5) is 26.8. The van der Waals surface area contributed by atoms with E-state index in [1.165, 1.54) is 4.90 Å². The van der Waals surface area contributed by atoms with Crippen LogP contribution < -0.4 is 14.8 Å². The molecule has 0 aliphatic rings. The van der Waals surface area contributed by atoms with Crippen LogP contribution in [0.5, 0.6) is 11.5 Å². The molecule has 0 radical (unpaired) electrons. The monoisotopic (exact) mass is 430 g/mol. The Morgan fingerprint density at radius 2 is 1.41 bits per heavy atom. The number of benzene rings is 3. The molecule has 0 aliphatic heterocycles. The minimum atomic E-state index is -0.193. The van der Waals surface area contributed by atoms with Gasteiger partial charge in [0.15, 0.2) is 0 Å². The molecule has 3 aromatic carbocycles. The van der Waals surface area contributed by atoms with Crippen LogP contribution in [0.1, 0.15) is 21.5 Å². The predicted octanol–water partition coefficient (Wildman–Crippen LogP) is 4.58. The number of nitrogens with zero attached hydrogens (tertiary/aromatic N) is 1. The molecule has 0 bridgehead atoms. The second-order valence-electron chi connectivity index (χ2n) is 7.30. The molecule has 1 N–H and O–H groups in total. The van der Waals surface area contributed by atoms with Gasteiger partial charge < -0.3 is 19.7 Å². The van der Waals surface area contributed by atoms with Crippen molar-refractivity contribution in [2.75, 3.05) is 33.6 Å². The number of carbonyl (C=O) groups is 2. The third kappa shape index (κ3) is 5.55. The number of likely N-dealkylation sites (N-methyl/N-ethyl adjacent to an activating group) is 1. The van der Waals surface area contributed by atoms with Gasteiger partial charge in [-0.1, -0.05) is 30.3 Å². The van der Waals surface area contributed by atoms with Gasteiger partial charge in [0, 0.05) is 37.0 Å². The van der Waals surface area contributed by atoms with Crippen LogP contribution in [0.25, 0.3) is 11.6 Å². The van der Waals surface area contributed by atoms with Crippen molar-refractivity contribution in [3.8, 4) is 11.5 Å². The number of hydrogen-bond donors (Lipinski definition) is 1. The zero-order valence-corrected chi connectivity index (χ0v) is 18.6. The number of rotatable bonds is 7. The maximum atomic E-state index is 12.9. The molecule has 0 aliphatic carbocycles. The first kappa shape index (κ1) is 22.6. The second-order valence-corrected chi connectivity index (χ2v) is 7.30. The Morgan fingerprint density at radius 1 is 0.812 bits per heavy atom. The molecule has 0 atom stereocenters. The van der Waals surface area contributed by atoms with E-state index in [9.17, 15) is 9.59 Å². The van der Waals surface area contributed by atoms with E-state index >= 15 is 0 Å². The van der Waals surface area contributed by atoms with Crippen molar-refractivity contribution < 1.29 is 19.1 Å². The zero-order valence-electron chi connectivity index (χ0n) is 18.6. The summed E-state index contributed by atoms with van der Waals surface area (Å²) >= 11 is 0. The third-order valence-electron chi connectivity index (χ3n) is 4.81. The highest BCUT2D eigenvalue weighted by Gasteiger charge is 2.15. The van der Waals surface area contributed by atoms with Crippen LogP contribution in [0.15, 0.2) is 72.8 Å². The van der Waals surface area contributed by atoms with Crippen LogP contribution in [-0.4, -0.2) is 45.0 Å². The second kappa shape index (κ2) is 10.3. The van der Waals surface area contributed by atoms with Crippen LogP contribution >= 0.6 is 0 Å². The molecule has 164 valence electrons. The van der Waals surface area contributed by atoms with E-state index in [1.807, 2.05) is 42.5 Å². The molecule has 32 heavy (non-hydrogen) atoms. The summed E-state index contributed by atoms with van der Waals surface area (Å²) in [6, 6.07) is 21.6. The van der Waals surface area contributed by atoms with Crippen molar-refractivity contribution in [1.82, 2.24) is 4.90 Å². The summed E-state index contributed by atoms with van der Waals surface area (Å²) in [7, 11) is 6.57. The fourth-order valence-electron chi connectivity index (χ4n) is 3.11. The summed E-state index contributed by atoms with van der Waals surface area (Å²) < 4.78 is 10.7. The quantitative estimate of drug-likeness (QED) is 0.440. The Kier molecular flexibility index (Phi) is 7.29. The van der Waals surface area contributed by atoms with Crippen LogP contribution in [0, 0.1) is 0 Å². The number of ether oxygens (including phenoxy) is 2. The molecule has 3 rings (SSSR count). The molecule has 0 fully saturated rings. The fourth-order valence-corrected chi connectivity index (χ4v) is 3.11. The van der Waals surface area contributed by atoms with E-state index in [-0.39, 0.29) is 11.8 Å². The standard InChI is InChI=1S/C26H26N2O4/c1-28(2)26(30)24(16-18-14-22(31-3)17-23(15-18)32-4)19-10-12-21(13-11-19)27-25(29)20-8-6-5-7-9-20/h5-17H,1-4H3,(H,27,29)/b24-16+. The normalized spacial score (nSPS) is 10.9. The summed E-state index contributed by atoms with van der Waals surface area (Å²) in [6.45, 7) is 0. The molecule has 0 saturated heterocycles. The van der Waals surface area contributed by atoms with Gasteiger partial charge in [-0.3, -0.25) is 9.59 Å². The first-order chi connectivity index (χ1) is 15.4. The Balaban J connectivity index is 1.92. The Hall–Kier alpha value is -4.06. The minimum absolute atomic E-state index is 0.146. The highest BCUT2D eigenvalue weighted by atomic mass is 16.5. The summed E-state index contributed by atoms with van der Waals surface area (Å²) in [5.74, 6) is 0.923. The van der Waals surface area contributed by atoms with Crippen LogP contribution in [-0.2, 0) is 4.79 Å². The average molecular weight is 431 g/mol. The lowest BCUT2D eigenvalue weighted by Crippen LogP contribution is -2.22. The SMILES string of the molecule is COc1cc(/C=C(/C(=O)N(C)C)c2ccc(NC(=O)c3ccccc3)cc2)cc(OC)c1. The first-order valence-corrected chi connectivity index (χ1v) is 10.0. The van der Waals surface area contributed by atoms with Crippen molar-refractivity contribution in [3.63, 3.8) is 0 Å². The van der Waals surface area contributed by atoms with Gasteiger partial charge in [-0.2, -0.15) is 0 Å². The van der Waals surface area contributed by atoms with Gasteiger partial charge in [0.25, 0.3) is 11.8 Å². The molecule has 6 nitrogen and oxygen atoms in total. The number of carbonyl (C=O) groups excluding carboxylic acids is 2. The van der Waals surface area contributed by atoms with Gasteiger partial charge in [-0.05, 0) is 53.6 Å². The van der Waals surface area contributed by atoms with E-state index in [0.717, 1.165) is 11.1 Å². The van der Waals surface area contributed by atoms with E-state index in [2.05, 4.69) is 5.32 Å². The Morgan fingerprint density at radius 3 is 1.94 bits per heavy atom. The maximum Gasteiger partial charge on any atom is 0.255 e. The number of amides is 2. The topological polar surface area (TPSA) is 67.9 Å². The fraction of sp³-hybridized carbons (Fsp3) is 0.154. The summed E-state index contributed by atoms with van der Waals surface area (Å²) in [5, 5.41) is 2.87. The molecule has 2 amide bonds. The average Bonchev–Trinajstić information content (AvgIpc) is 2.82. The van der Waals surface area contributed by atoms with E-state index in [4.69, 9.17) is 9.47 Å². The van der Waals surface area contributed by atoms with Crippen LogP contribution in [0.3, 0.4) is 0 Å². The summed E-state index contributed by atoms with van der Waals surface area (Å²) in [6.07, 6.45) is 1.80. The van der Waals surface area contributed by atoms with Crippen molar-refractivity contribution >= 4 is 29.2 Å². The van der Waals surface area contributed by atoms with Crippen molar-refractivity contribution in [2.45, 2.75) is 0 Å². The smallest absolute Gasteiger partial charge is 0.255 e. The van der Waals surface area contributed by atoms with Crippen LogP contribution in [0.4, 0.5) is 5.69 Å². The highest BCUT2D eigenvalue weighted by Crippen LogP contribution is 2.27. The van der Waals surface area contributed by atoms with Gasteiger partial charge >= 0.3 is 0 Å². The molecule has 3 aromatic rings. The molecular weight excluding hydrogens is 404 g/mol. The largest absolute Gasteiger partial charge is 0.497 e. The highest BCUT2D eigenvalue weighted by molar-refractivity contribution is 6.24. The molecular formula is C26H26N2O4. The Labute approximate surface area is 188 Å². The predicted molar refractivity (Wildman–Crippen MR) is 127 cm³/mol. The first-order valence-electron chi connectivity index (χ1n) is 10.0. The van der Waals surface area contributed by atoms with Crippen molar-refractivity contribution in [3.05, 3.63) is 89.5 Å². The van der Waals surface area contributed by atoms with Gasteiger partial charge in [-0.15, -0.1) is 0 Å². The number of nitrogens with one attached hydrogen (secondary N) is 1. The Bertz CT molecular complexity index is 1100. The van der Waals surface area contributed by atoms with Crippen molar-refractivity contribution in [2.24, 2.45) is 0 Å². The van der Waals surface area contributed by atoms with Gasteiger partial charge in [0.1, 0.15) is 11.5 Å².